The average molecular weight is 319 g/mol. The zero-order valence-corrected chi connectivity index (χ0v) is 14.6. The van der Waals surface area contributed by atoms with E-state index < -0.39 is 10.0 Å². The van der Waals surface area contributed by atoms with Crippen LogP contribution in [-0.2, 0) is 16.6 Å². The highest BCUT2D eigenvalue weighted by molar-refractivity contribution is 7.91. The Morgan fingerprint density at radius 1 is 1.30 bits per heavy atom. The Kier molecular flexibility index (Phi) is 6.64. The molecule has 1 rings (SSSR count). The Labute approximate surface area is 127 Å². The summed E-state index contributed by atoms with van der Waals surface area (Å²) in [5.74, 6) is 0. The standard InChI is InChI=1S/C14H26N2O2S2/c1-6-7-12(4)16(5)20(17,18)14-9-8-13(19-14)10-15-11(2)3/h8-9,11-12,15H,6-7,10H2,1-5H3. The van der Waals surface area contributed by atoms with Crippen molar-refractivity contribution in [2.45, 2.75) is 63.4 Å². The Balaban J connectivity index is 2.82. The van der Waals surface area contributed by atoms with Crippen molar-refractivity contribution < 1.29 is 8.42 Å². The van der Waals surface area contributed by atoms with Crippen molar-refractivity contribution in [3.05, 3.63) is 17.0 Å². The second-order valence-corrected chi connectivity index (χ2v) is 8.81. The highest BCUT2D eigenvalue weighted by atomic mass is 32.2. The first-order valence-corrected chi connectivity index (χ1v) is 9.34. The molecule has 0 aliphatic heterocycles. The molecule has 0 spiro atoms. The zero-order chi connectivity index (χ0) is 15.3. The van der Waals surface area contributed by atoms with Crippen LogP contribution in [-0.4, -0.2) is 31.9 Å². The molecule has 0 saturated carbocycles. The molecule has 0 aromatic carbocycles. The van der Waals surface area contributed by atoms with Crippen molar-refractivity contribution in [1.82, 2.24) is 9.62 Å². The van der Waals surface area contributed by atoms with Crippen LogP contribution in [0.3, 0.4) is 0 Å². The van der Waals surface area contributed by atoms with Crippen LogP contribution in [0.5, 0.6) is 0 Å². The number of nitrogens with zero attached hydrogens (tertiary/aromatic N) is 1. The van der Waals surface area contributed by atoms with E-state index in [1.54, 1.807) is 13.1 Å². The molecule has 0 aliphatic rings. The molecular weight excluding hydrogens is 292 g/mol. The van der Waals surface area contributed by atoms with Crippen molar-refractivity contribution in [2.75, 3.05) is 7.05 Å². The van der Waals surface area contributed by atoms with E-state index in [0.717, 1.165) is 17.7 Å². The molecule has 0 fully saturated rings. The highest BCUT2D eigenvalue weighted by Crippen LogP contribution is 2.26. The molecule has 0 radical (unpaired) electrons. The first-order chi connectivity index (χ1) is 9.28. The fourth-order valence-electron chi connectivity index (χ4n) is 1.87. The fraction of sp³-hybridized carbons (Fsp3) is 0.714. The summed E-state index contributed by atoms with van der Waals surface area (Å²) in [5, 5.41) is 3.30. The molecule has 0 bridgehead atoms. The molecule has 116 valence electrons. The summed E-state index contributed by atoms with van der Waals surface area (Å²) in [6.07, 6.45) is 1.86. The normalized spacial score (nSPS) is 14.2. The first-order valence-electron chi connectivity index (χ1n) is 7.09. The minimum Gasteiger partial charge on any atom is -0.310 e. The van der Waals surface area contributed by atoms with Crippen molar-refractivity contribution in [1.29, 1.82) is 0 Å². The van der Waals surface area contributed by atoms with Gasteiger partial charge in [0.2, 0.25) is 0 Å². The van der Waals surface area contributed by atoms with Gasteiger partial charge in [-0.2, -0.15) is 4.31 Å². The van der Waals surface area contributed by atoms with Crippen LogP contribution in [0.1, 0.15) is 45.4 Å². The van der Waals surface area contributed by atoms with Crippen LogP contribution < -0.4 is 5.32 Å². The number of nitrogens with one attached hydrogen (secondary N) is 1. The minimum absolute atomic E-state index is 0.0318. The number of hydrogen-bond acceptors (Lipinski definition) is 4. The molecule has 1 aromatic heterocycles. The van der Waals surface area contributed by atoms with Gasteiger partial charge in [-0.15, -0.1) is 11.3 Å². The predicted octanol–water partition coefficient (Wildman–Crippen LogP) is 3.06. The summed E-state index contributed by atoms with van der Waals surface area (Å²) in [6, 6.07) is 4.03. The van der Waals surface area contributed by atoms with Gasteiger partial charge >= 0.3 is 0 Å². The van der Waals surface area contributed by atoms with E-state index in [0.29, 0.717) is 16.8 Å². The Morgan fingerprint density at radius 3 is 2.50 bits per heavy atom. The van der Waals surface area contributed by atoms with Gasteiger partial charge < -0.3 is 5.32 Å². The van der Waals surface area contributed by atoms with E-state index in [4.69, 9.17) is 0 Å². The van der Waals surface area contributed by atoms with Gasteiger partial charge in [0, 0.05) is 30.6 Å². The summed E-state index contributed by atoms with van der Waals surface area (Å²) in [7, 11) is -1.69. The van der Waals surface area contributed by atoms with Gasteiger partial charge in [-0.05, 0) is 25.5 Å². The van der Waals surface area contributed by atoms with E-state index >= 15 is 0 Å². The largest absolute Gasteiger partial charge is 0.310 e. The molecule has 0 saturated heterocycles. The average Bonchev–Trinajstić information content (AvgIpc) is 2.85. The lowest BCUT2D eigenvalue weighted by Crippen LogP contribution is -2.34. The molecule has 1 atom stereocenters. The van der Waals surface area contributed by atoms with E-state index in [1.165, 1.54) is 15.6 Å². The van der Waals surface area contributed by atoms with Crippen LogP contribution in [0.25, 0.3) is 0 Å². The van der Waals surface area contributed by atoms with Gasteiger partial charge in [-0.1, -0.05) is 27.2 Å². The Morgan fingerprint density at radius 2 is 1.95 bits per heavy atom. The molecule has 6 heteroatoms. The minimum atomic E-state index is -3.35. The summed E-state index contributed by atoms with van der Waals surface area (Å²) in [6.45, 7) is 8.89. The van der Waals surface area contributed by atoms with Crippen LogP contribution in [0.2, 0.25) is 0 Å². The molecule has 1 aromatic rings. The van der Waals surface area contributed by atoms with E-state index in [9.17, 15) is 8.42 Å². The monoisotopic (exact) mass is 318 g/mol. The van der Waals surface area contributed by atoms with Gasteiger partial charge in [0.05, 0.1) is 0 Å². The van der Waals surface area contributed by atoms with E-state index in [2.05, 4.69) is 26.1 Å². The molecule has 1 unspecified atom stereocenters. The molecular formula is C14H26N2O2S2. The second-order valence-electron chi connectivity index (χ2n) is 5.42. The van der Waals surface area contributed by atoms with Crippen LogP contribution >= 0.6 is 11.3 Å². The lowest BCUT2D eigenvalue weighted by Gasteiger charge is -2.23. The maximum atomic E-state index is 12.5. The smallest absolute Gasteiger partial charge is 0.252 e. The second kappa shape index (κ2) is 7.54. The highest BCUT2D eigenvalue weighted by Gasteiger charge is 2.26. The lowest BCUT2D eigenvalue weighted by molar-refractivity contribution is 0.369. The van der Waals surface area contributed by atoms with Crippen LogP contribution in [0, 0.1) is 0 Å². The van der Waals surface area contributed by atoms with Crippen molar-refractivity contribution in [3.63, 3.8) is 0 Å². The van der Waals surface area contributed by atoms with Gasteiger partial charge in [0.15, 0.2) is 0 Å². The summed E-state index contributed by atoms with van der Waals surface area (Å²) < 4.78 is 27.0. The quantitative estimate of drug-likeness (QED) is 0.801. The Bertz CT molecular complexity index is 509. The van der Waals surface area contributed by atoms with E-state index in [-0.39, 0.29) is 6.04 Å². The molecule has 0 aliphatic carbocycles. The SMILES string of the molecule is CCCC(C)N(C)S(=O)(=O)c1ccc(CNC(C)C)s1. The number of thiophene rings is 1. The van der Waals surface area contributed by atoms with Gasteiger partial charge in [0.25, 0.3) is 10.0 Å². The topological polar surface area (TPSA) is 49.4 Å². The van der Waals surface area contributed by atoms with Crippen LogP contribution in [0.4, 0.5) is 0 Å². The van der Waals surface area contributed by atoms with E-state index in [1.807, 2.05) is 13.0 Å². The van der Waals surface area contributed by atoms with Gasteiger partial charge in [0.1, 0.15) is 4.21 Å². The fourth-order valence-corrected chi connectivity index (χ4v) is 4.76. The van der Waals surface area contributed by atoms with Crippen molar-refractivity contribution in [2.24, 2.45) is 0 Å². The zero-order valence-electron chi connectivity index (χ0n) is 13.0. The molecule has 0 amide bonds. The van der Waals surface area contributed by atoms with Crippen molar-refractivity contribution >= 4 is 21.4 Å². The third-order valence-corrected chi connectivity index (χ3v) is 6.81. The molecule has 1 N–H and O–H groups in total. The third kappa shape index (κ3) is 4.55. The number of hydrogen-bond donors (Lipinski definition) is 1. The predicted molar refractivity (Wildman–Crippen MR) is 85.6 cm³/mol. The van der Waals surface area contributed by atoms with Crippen LogP contribution in [0.15, 0.2) is 16.3 Å². The summed E-state index contributed by atoms with van der Waals surface area (Å²) >= 11 is 1.35. The summed E-state index contributed by atoms with van der Waals surface area (Å²) in [5.41, 5.74) is 0. The number of rotatable bonds is 8. The number of sulfonamides is 1. The maximum Gasteiger partial charge on any atom is 0.252 e. The first kappa shape index (κ1) is 17.6. The maximum absolute atomic E-state index is 12.5. The molecule has 20 heavy (non-hydrogen) atoms. The molecule has 4 nitrogen and oxygen atoms in total. The van der Waals surface area contributed by atoms with Gasteiger partial charge in [-0.3, -0.25) is 0 Å². The lowest BCUT2D eigenvalue weighted by atomic mass is 10.2. The summed E-state index contributed by atoms with van der Waals surface area (Å²) in [4.78, 5) is 1.05. The Hall–Kier alpha value is -0.430. The van der Waals surface area contributed by atoms with Gasteiger partial charge in [-0.25, -0.2) is 8.42 Å². The third-order valence-electron chi connectivity index (χ3n) is 3.28. The molecule has 1 heterocycles. The van der Waals surface area contributed by atoms with Crippen molar-refractivity contribution in [3.8, 4) is 0 Å².